The van der Waals surface area contributed by atoms with E-state index in [9.17, 15) is 14.7 Å². The second kappa shape index (κ2) is 4.89. The maximum Gasteiger partial charge on any atom is 0.338 e. The molecular formula is C12H12N2O4. The van der Waals surface area contributed by atoms with Crippen LogP contribution in [0.2, 0.25) is 0 Å². The summed E-state index contributed by atoms with van der Waals surface area (Å²) in [5.74, 6) is -0.453. The van der Waals surface area contributed by atoms with E-state index in [1.807, 2.05) is 0 Å². The summed E-state index contributed by atoms with van der Waals surface area (Å²) in [4.78, 5) is 23.8. The van der Waals surface area contributed by atoms with E-state index in [1.54, 1.807) is 30.3 Å². The van der Waals surface area contributed by atoms with E-state index < -0.39 is 17.1 Å². The Hall–Kier alpha value is -2.34. The molecule has 1 heterocycles. The topological polar surface area (TPSA) is 84.5 Å². The van der Waals surface area contributed by atoms with Gasteiger partial charge in [-0.1, -0.05) is 18.2 Å². The van der Waals surface area contributed by atoms with Crippen LogP contribution in [0.25, 0.3) is 5.69 Å². The summed E-state index contributed by atoms with van der Waals surface area (Å²) in [5.41, 5.74) is -0.877. The zero-order valence-corrected chi connectivity index (χ0v) is 9.48. The zero-order chi connectivity index (χ0) is 13.1. The van der Waals surface area contributed by atoms with Crippen LogP contribution in [0.3, 0.4) is 0 Å². The van der Waals surface area contributed by atoms with Crippen LogP contribution in [0.4, 0.5) is 0 Å². The quantitative estimate of drug-likeness (QED) is 0.780. The Morgan fingerprint density at radius 2 is 1.78 bits per heavy atom. The first-order valence-corrected chi connectivity index (χ1v) is 5.37. The predicted molar refractivity (Wildman–Crippen MR) is 65.0 cm³/mol. The molecule has 1 aromatic carbocycles. The molecule has 18 heavy (non-hydrogen) atoms. The van der Waals surface area contributed by atoms with E-state index in [-0.39, 0.29) is 13.2 Å². The summed E-state index contributed by atoms with van der Waals surface area (Å²) >= 11 is 0. The van der Waals surface area contributed by atoms with Gasteiger partial charge in [0, 0.05) is 0 Å². The monoisotopic (exact) mass is 248 g/mol. The van der Waals surface area contributed by atoms with Gasteiger partial charge in [-0.2, -0.15) is 0 Å². The number of aromatic nitrogens is 2. The van der Waals surface area contributed by atoms with Crippen molar-refractivity contribution >= 4 is 0 Å². The highest BCUT2D eigenvalue weighted by Gasteiger charge is 2.11. The molecule has 0 atom stereocenters. The Labute approximate surface area is 102 Å². The Kier molecular flexibility index (Phi) is 3.29. The third-order valence-electron chi connectivity index (χ3n) is 2.51. The molecule has 2 aromatic rings. The van der Waals surface area contributed by atoms with Crippen LogP contribution in [0.15, 0.2) is 46.0 Å². The molecule has 94 valence electrons. The lowest BCUT2D eigenvalue weighted by atomic mass is 10.3. The van der Waals surface area contributed by atoms with E-state index in [0.29, 0.717) is 5.69 Å². The maximum absolute atomic E-state index is 12.1. The fourth-order valence-corrected chi connectivity index (χ4v) is 1.69. The van der Waals surface area contributed by atoms with Gasteiger partial charge in [0.15, 0.2) is 0 Å². The molecular weight excluding hydrogens is 236 g/mol. The molecule has 0 saturated carbocycles. The van der Waals surface area contributed by atoms with Crippen molar-refractivity contribution < 1.29 is 10.2 Å². The molecule has 6 heteroatoms. The van der Waals surface area contributed by atoms with Crippen molar-refractivity contribution in [1.82, 2.24) is 9.13 Å². The molecule has 0 aliphatic carbocycles. The Morgan fingerprint density at radius 1 is 1.11 bits per heavy atom. The smallest absolute Gasteiger partial charge is 0.338 e. The van der Waals surface area contributed by atoms with E-state index >= 15 is 0 Å². The molecule has 0 aliphatic heterocycles. The SMILES string of the molecule is O=c1cc(O)n(CCO)c(=O)n1-c1ccccc1. The average Bonchev–Trinajstić information content (AvgIpc) is 2.35. The van der Waals surface area contributed by atoms with Crippen LogP contribution in [0, 0.1) is 0 Å². The van der Waals surface area contributed by atoms with Crippen molar-refractivity contribution in [3.05, 3.63) is 57.2 Å². The van der Waals surface area contributed by atoms with Gasteiger partial charge in [-0.3, -0.25) is 9.36 Å². The lowest BCUT2D eigenvalue weighted by Gasteiger charge is -2.10. The molecule has 0 radical (unpaired) electrons. The highest BCUT2D eigenvalue weighted by atomic mass is 16.3. The average molecular weight is 248 g/mol. The van der Waals surface area contributed by atoms with Crippen molar-refractivity contribution in [2.75, 3.05) is 6.61 Å². The molecule has 6 nitrogen and oxygen atoms in total. The minimum Gasteiger partial charge on any atom is -0.494 e. The number of aliphatic hydroxyl groups excluding tert-OH is 1. The number of aliphatic hydroxyl groups is 1. The largest absolute Gasteiger partial charge is 0.494 e. The summed E-state index contributed by atoms with van der Waals surface area (Å²) in [6.45, 7) is -0.377. The standard InChI is InChI=1S/C12H12N2O4/c15-7-6-13-10(16)8-11(17)14(12(13)18)9-4-2-1-3-5-9/h1-5,8,15-16H,6-7H2. The highest BCUT2D eigenvalue weighted by Crippen LogP contribution is 2.05. The Balaban J connectivity index is 2.73. The Bertz CT molecular complexity index is 658. The number of benzene rings is 1. The van der Waals surface area contributed by atoms with Gasteiger partial charge in [0.05, 0.1) is 24.9 Å². The Morgan fingerprint density at radius 3 is 2.39 bits per heavy atom. The fourth-order valence-electron chi connectivity index (χ4n) is 1.69. The van der Waals surface area contributed by atoms with Crippen LogP contribution >= 0.6 is 0 Å². The minimum atomic E-state index is -0.680. The normalized spacial score (nSPS) is 10.5. The van der Waals surface area contributed by atoms with E-state index in [2.05, 4.69) is 0 Å². The van der Waals surface area contributed by atoms with Crippen LogP contribution < -0.4 is 11.2 Å². The molecule has 0 bridgehead atoms. The second-order valence-corrected chi connectivity index (χ2v) is 3.67. The summed E-state index contributed by atoms with van der Waals surface area (Å²) in [6.07, 6.45) is 0. The van der Waals surface area contributed by atoms with Gasteiger partial charge in [-0.25, -0.2) is 9.36 Å². The number of nitrogens with zero attached hydrogens (tertiary/aromatic N) is 2. The maximum atomic E-state index is 12.1. The van der Waals surface area contributed by atoms with Gasteiger partial charge in [0.25, 0.3) is 5.56 Å². The molecule has 0 saturated heterocycles. The van der Waals surface area contributed by atoms with Gasteiger partial charge in [-0.05, 0) is 12.1 Å². The number of hydrogen-bond acceptors (Lipinski definition) is 4. The predicted octanol–water partition coefficient (Wildman–Crippen LogP) is -0.303. The van der Waals surface area contributed by atoms with Gasteiger partial charge in [0.1, 0.15) is 0 Å². The third-order valence-corrected chi connectivity index (χ3v) is 2.51. The third kappa shape index (κ3) is 2.05. The molecule has 0 fully saturated rings. The van der Waals surface area contributed by atoms with Crippen molar-refractivity contribution in [3.63, 3.8) is 0 Å². The molecule has 0 spiro atoms. The molecule has 2 N–H and O–H groups in total. The second-order valence-electron chi connectivity index (χ2n) is 3.67. The van der Waals surface area contributed by atoms with Crippen LogP contribution in [-0.2, 0) is 6.54 Å². The summed E-state index contributed by atoms with van der Waals surface area (Å²) in [7, 11) is 0. The van der Waals surface area contributed by atoms with Gasteiger partial charge < -0.3 is 10.2 Å². The van der Waals surface area contributed by atoms with Crippen LogP contribution in [-0.4, -0.2) is 26.0 Å². The van der Waals surface area contributed by atoms with Crippen molar-refractivity contribution in [1.29, 1.82) is 0 Å². The first-order valence-electron chi connectivity index (χ1n) is 5.37. The van der Waals surface area contributed by atoms with Crippen molar-refractivity contribution in [2.45, 2.75) is 6.54 Å². The van der Waals surface area contributed by atoms with Crippen LogP contribution in [0.1, 0.15) is 0 Å². The zero-order valence-electron chi connectivity index (χ0n) is 9.48. The lowest BCUT2D eigenvalue weighted by molar-refractivity contribution is 0.261. The van der Waals surface area contributed by atoms with Gasteiger partial charge in [-0.15, -0.1) is 0 Å². The number of hydrogen-bond donors (Lipinski definition) is 2. The number of para-hydroxylation sites is 1. The summed E-state index contributed by atoms with van der Waals surface area (Å²) in [5, 5.41) is 18.4. The van der Waals surface area contributed by atoms with Crippen molar-refractivity contribution in [2.24, 2.45) is 0 Å². The van der Waals surface area contributed by atoms with Crippen molar-refractivity contribution in [3.8, 4) is 11.6 Å². The fraction of sp³-hybridized carbons (Fsp3) is 0.167. The molecule has 1 aromatic heterocycles. The first-order chi connectivity index (χ1) is 8.65. The first kappa shape index (κ1) is 12.1. The molecule has 0 unspecified atom stereocenters. The van der Waals surface area contributed by atoms with Gasteiger partial charge in [0.2, 0.25) is 5.88 Å². The number of aromatic hydroxyl groups is 1. The van der Waals surface area contributed by atoms with Crippen LogP contribution in [0.5, 0.6) is 5.88 Å². The minimum absolute atomic E-state index is 0.0716. The highest BCUT2D eigenvalue weighted by molar-refractivity contribution is 5.31. The summed E-state index contributed by atoms with van der Waals surface area (Å²) in [6, 6.07) is 9.34. The molecule has 0 aliphatic rings. The molecule has 0 amide bonds. The van der Waals surface area contributed by atoms with Gasteiger partial charge >= 0.3 is 5.69 Å². The lowest BCUT2D eigenvalue weighted by Crippen LogP contribution is -2.38. The number of rotatable bonds is 3. The van der Waals surface area contributed by atoms with E-state index in [0.717, 1.165) is 15.2 Å². The van der Waals surface area contributed by atoms with E-state index in [4.69, 9.17) is 5.11 Å². The molecule has 2 rings (SSSR count). The summed E-state index contributed by atoms with van der Waals surface area (Å²) < 4.78 is 1.88. The van der Waals surface area contributed by atoms with E-state index in [1.165, 1.54) is 0 Å².